The fourth-order valence-corrected chi connectivity index (χ4v) is 3.29. The van der Waals surface area contributed by atoms with Gasteiger partial charge in [0.1, 0.15) is 11.4 Å². The van der Waals surface area contributed by atoms with Crippen molar-refractivity contribution in [3.8, 4) is 0 Å². The maximum atomic E-state index is 14.3. The average Bonchev–Trinajstić information content (AvgIpc) is 2.79. The van der Waals surface area contributed by atoms with Crippen LogP contribution in [0.1, 0.15) is 36.7 Å². The molecule has 0 saturated carbocycles. The van der Waals surface area contributed by atoms with Gasteiger partial charge in [0, 0.05) is 5.69 Å². The largest absolute Gasteiger partial charge is 0.336 e. The Morgan fingerprint density at radius 2 is 1.75 bits per heavy atom. The van der Waals surface area contributed by atoms with Crippen LogP contribution in [-0.2, 0) is 4.79 Å². The Balaban J connectivity index is 2.08. The molecule has 0 N–H and O–H groups in total. The molecule has 0 bridgehead atoms. The summed E-state index contributed by atoms with van der Waals surface area (Å²) in [6.45, 7) is 13.3. The van der Waals surface area contributed by atoms with E-state index in [0.29, 0.717) is 16.9 Å². The SMILES string of the molecule is [C-]#[N+]c1ccc(N2C(=O)N(c3ccc(C(C)=O)c(F)c3)C(C)(C)C2=O)cc1C. The van der Waals surface area contributed by atoms with Crippen LogP contribution in [0.5, 0.6) is 0 Å². The summed E-state index contributed by atoms with van der Waals surface area (Å²) in [4.78, 5) is 43.2. The van der Waals surface area contributed by atoms with Crippen molar-refractivity contribution in [1.29, 1.82) is 0 Å². The van der Waals surface area contributed by atoms with Crippen molar-refractivity contribution >= 4 is 34.8 Å². The van der Waals surface area contributed by atoms with Gasteiger partial charge in [-0.1, -0.05) is 6.07 Å². The maximum absolute atomic E-state index is 14.3. The molecule has 2 aromatic carbocycles. The molecule has 3 rings (SSSR count). The van der Waals surface area contributed by atoms with Gasteiger partial charge in [0.15, 0.2) is 11.5 Å². The highest BCUT2D eigenvalue weighted by molar-refractivity contribution is 6.30. The molecular weight excluding hydrogens is 361 g/mol. The molecular formula is C21H18FN3O3. The van der Waals surface area contributed by atoms with Crippen molar-refractivity contribution in [2.45, 2.75) is 33.2 Å². The minimum Gasteiger partial charge on any atom is -0.294 e. The summed E-state index contributed by atoms with van der Waals surface area (Å²) in [6.07, 6.45) is 0. The third-order valence-corrected chi connectivity index (χ3v) is 4.82. The lowest BCUT2D eigenvalue weighted by Crippen LogP contribution is -2.44. The summed E-state index contributed by atoms with van der Waals surface area (Å²) in [5.74, 6) is -1.65. The number of anilines is 2. The summed E-state index contributed by atoms with van der Waals surface area (Å²) in [5, 5.41) is 0. The van der Waals surface area contributed by atoms with E-state index < -0.39 is 29.1 Å². The number of Topliss-reactive ketones (excluding diaryl/α,β-unsaturated/α-hetero) is 1. The molecule has 28 heavy (non-hydrogen) atoms. The van der Waals surface area contributed by atoms with E-state index >= 15 is 0 Å². The highest BCUT2D eigenvalue weighted by Gasteiger charge is 2.52. The second-order valence-corrected chi connectivity index (χ2v) is 7.12. The number of carbonyl (C=O) groups excluding carboxylic acids is 3. The summed E-state index contributed by atoms with van der Waals surface area (Å²) >= 11 is 0. The van der Waals surface area contributed by atoms with Gasteiger partial charge in [-0.25, -0.2) is 18.9 Å². The number of rotatable bonds is 3. The molecule has 1 aliphatic rings. The van der Waals surface area contributed by atoms with Crippen molar-refractivity contribution < 1.29 is 18.8 Å². The Morgan fingerprint density at radius 3 is 2.29 bits per heavy atom. The minimum absolute atomic E-state index is 0.0817. The van der Waals surface area contributed by atoms with Gasteiger partial charge in [0.2, 0.25) is 0 Å². The molecule has 2 aromatic rings. The molecule has 3 amide bonds. The number of halogens is 1. The monoisotopic (exact) mass is 379 g/mol. The minimum atomic E-state index is -1.26. The van der Waals surface area contributed by atoms with Crippen LogP contribution in [-0.4, -0.2) is 23.3 Å². The molecule has 0 radical (unpaired) electrons. The predicted octanol–water partition coefficient (Wildman–Crippen LogP) is 4.64. The van der Waals surface area contributed by atoms with Gasteiger partial charge in [0.05, 0.1) is 17.8 Å². The molecule has 6 nitrogen and oxygen atoms in total. The summed E-state index contributed by atoms with van der Waals surface area (Å²) in [5.41, 5.74) is 0.260. The summed E-state index contributed by atoms with van der Waals surface area (Å²) in [7, 11) is 0. The molecule has 1 aliphatic heterocycles. The number of imide groups is 1. The first kappa shape index (κ1) is 19.2. The van der Waals surface area contributed by atoms with E-state index in [4.69, 9.17) is 6.57 Å². The maximum Gasteiger partial charge on any atom is 0.336 e. The quantitative estimate of drug-likeness (QED) is 0.443. The van der Waals surface area contributed by atoms with Crippen molar-refractivity contribution in [3.05, 3.63) is 64.8 Å². The molecule has 0 aromatic heterocycles. The summed E-state index contributed by atoms with van der Waals surface area (Å²) < 4.78 is 14.3. The van der Waals surface area contributed by atoms with E-state index in [9.17, 15) is 18.8 Å². The first-order valence-corrected chi connectivity index (χ1v) is 8.57. The number of aryl methyl sites for hydroxylation is 1. The zero-order valence-electron chi connectivity index (χ0n) is 15.9. The van der Waals surface area contributed by atoms with Crippen LogP contribution in [0.15, 0.2) is 36.4 Å². The van der Waals surface area contributed by atoms with E-state index in [1.165, 1.54) is 30.0 Å². The van der Waals surface area contributed by atoms with Crippen LogP contribution >= 0.6 is 0 Å². The highest BCUT2D eigenvalue weighted by atomic mass is 19.1. The van der Waals surface area contributed by atoms with Gasteiger partial charge in [0.25, 0.3) is 5.91 Å². The lowest BCUT2D eigenvalue weighted by Gasteiger charge is -2.27. The Bertz CT molecular complexity index is 1070. The Labute approximate surface area is 162 Å². The molecule has 1 saturated heterocycles. The molecule has 0 atom stereocenters. The smallest absolute Gasteiger partial charge is 0.294 e. The number of carbonyl (C=O) groups is 3. The molecule has 0 aliphatic carbocycles. The fourth-order valence-electron chi connectivity index (χ4n) is 3.29. The molecule has 0 spiro atoms. The predicted molar refractivity (Wildman–Crippen MR) is 103 cm³/mol. The number of benzene rings is 2. The lowest BCUT2D eigenvalue weighted by atomic mass is 10.0. The van der Waals surface area contributed by atoms with Gasteiger partial charge >= 0.3 is 6.03 Å². The van der Waals surface area contributed by atoms with Crippen molar-refractivity contribution in [2.24, 2.45) is 0 Å². The van der Waals surface area contributed by atoms with Crippen molar-refractivity contribution in [3.63, 3.8) is 0 Å². The molecule has 0 unspecified atom stereocenters. The van der Waals surface area contributed by atoms with E-state index in [0.717, 1.165) is 11.0 Å². The molecule has 7 heteroatoms. The lowest BCUT2D eigenvalue weighted by molar-refractivity contribution is -0.120. The van der Waals surface area contributed by atoms with Crippen LogP contribution in [0.2, 0.25) is 0 Å². The number of hydrogen-bond donors (Lipinski definition) is 0. The van der Waals surface area contributed by atoms with Crippen LogP contribution in [0.25, 0.3) is 4.85 Å². The normalized spacial score (nSPS) is 15.7. The van der Waals surface area contributed by atoms with Gasteiger partial charge in [-0.05, 0) is 63.6 Å². The average molecular weight is 379 g/mol. The fraction of sp³-hybridized carbons (Fsp3) is 0.238. The number of nitrogens with zero attached hydrogens (tertiary/aromatic N) is 3. The third-order valence-electron chi connectivity index (χ3n) is 4.82. The van der Waals surface area contributed by atoms with Crippen LogP contribution in [0.4, 0.5) is 26.2 Å². The van der Waals surface area contributed by atoms with Gasteiger partial charge in [-0.15, -0.1) is 0 Å². The van der Waals surface area contributed by atoms with Crippen LogP contribution in [0.3, 0.4) is 0 Å². The second kappa shape index (κ2) is 6.57. The van der Waals surface area contributed by atoms with Crippen molar-refractivity contribution in [2.75, 3.05) is 9.80 Å². The van der Waals surface area contributed by atoms with Gasteiger partial charge in [-0.2, -0.15) is 0 Å². The number of ketones is 1. The first-order valence-electron chi connectivity index (χ1n) is 8.57. The van der Waals surface area contributed by atoms with E-state index in [2.05, 4.69) is 4.85 Å². The first-order chi connectivity index (χ1) is 13.1. The van der Waals surface area contributed by atoms with E-state index in [1.54, 1.807) is 32.9 Å². The van der Waals surface area contributed by atoms with Crippen LogP contribution in [0, 0.1) is 19.3 Å². The topological polar surface area (TPSA) is 62.1 Å². The summed E-state index contributed by atoms with van der Waals surface area (Å²) in [6, 6.07) is 7.90. The Hall–Kier alpha value is -3.53. The van der Waals surface area contributed by atoms with Gasteiger partial charge in [-0.3, -0.25) is 14.5 Å². The zero-order chi connectivity index (χ0) is 20.8. The Kier molecular flexibility index (Phi) is 4.51. The van der Waals surface area contributed by atoms with Gasteiger partial charge < -0.3 is 0 Å². The molecule has 142 valence electrons. The molecule has 1 fully saturated rings. The standard InChI is InChI=1S/C21H18FN3O3/c1-12-10-14(7-9-18(12)23-5)24-19(27)21(3,4)25(20(24)28)15-6-8-16(13(2)26)17(22)11-15/h6-11H,1-4H3. The number of urea groups is 1. The third kappa shape index (κ3) is 2.83. The molecule has 1 heterocycles. The second-order valence-electron chi connectivity index (χ2n) is 7.12. The zero-order valence-corrected chi connectivity index (χ0v) is 15.9. The van der Waals surface area contributed by atoms with E-state index in [-0.39, 0.29) is 11.3 Å². The number of hydrogen-bond acceptors (Lipinski definition) is 3. The van der Waals surface area contributed by atoms with Crippen molar-refractivity contribution in [1.82, 2.24) is 0 Å². The van der Waals surface area contributed by atoms with E-state index in [1.807, 2.05) is 0 Å². The number of amides is 3. The van der Waals surface area contributed by atoms with Crippen LogP contribution < -0.4 is 9.80 Å². The highest BCUT2D eigenvalue weighted by Crippen LogP contribution is 2.37. The Morgan fingerprint density at radius 1 is 1.11 bits per heavy atom.